The zero-order valence-electron chi connectivity index (χ0n) is 10.3. The van der Waals surface area contributed by atoms with Crippen LogP contribution in [0.4, 0.5) is 0 Å². The standard InChI is InChI=1S/C12H18N2O3/c1-9-11(13-8-17-9)7-14-5-3-10(4-6-14)12(15)16-2/h8,10H,3-7H2,1-2H3. The SMILES string of the molecule is COC(=O)C1CCN(Cc2ncoc2C)CC1. The molecule has 2 rings (SSSR count). The highest BCUT2D eigenvalue weighted by atomic mass is 16.5. The Hall–Kier alpha value is -1.36. The van der Waals surface area contributed by atoms with Crippen LogP contribution in [-0.4, -0.2) is 36.1 Å². The van der Waals surface area contributed by atoms with Crippen molar-refractivity contribution in [3.05, 3.63) is 17.8 Å². The summed E-state index contributed by atoms with van der Waals surface area (Å²) in [5.74, 6) is 0.858. The molecule has 5 heteroatoms. The van der Waals surface area contributed by atoms with Crippen molar-refractivity contribution in [2.75, 3.05) is 20.2 Å². The molecule has 1 saturated heterocycles. The van der Waals surface area contributed by atoms with E-state index in [9.17, 15) is 4.79 Å². The van der Waals surface area contributed by atoms with Crippen LogP contribution in [0.2, 0.25) is 0 Å². The molecule has 0 bridgehead atoms. The molecule has 0 atom stereocenters. The van der Waals surface area contributed by atoms with Gasteiger partial charge in [0.25, 0.3) is 0 Å². The predicted molar refractivity (Wildman–Crippen MR) is 61.3 cm³/mol. The molecule has 0 unspecified atom stereocenters. The number of hydrogen-bond donors (Lipinski definition) is 0. The van der Waals surface area contributed by atoms with E-state index in [0.717, 1.165) is 43.9 Å². The van der Waals surface area contributed by atoms with Gasteiger partial charge in [0.1, 0.15) is 5.76 Å². The van der Waals surface area contributed by atoms with Gasteiger partial charge in [-0.2, -0.15) is 0 Å². The molecule has 0 spiro atoms. The Bertz CT molecular complexity index is 381. The summed E-state index contributed by atoms with van der Waals surface area (Å²) in [4.78, 5) is 17.9. The van der Waals surface area contributed by atoms with Crippen LogP contribution in [0.25, 0.3) is 0 Å². The molecular weight excluding hydrogens is 220 g/mol. The maximum absolute atomic E-state index is 11.4. The van der Waals surface area contributed by atoms with Gasteiger partial charge in [-0.05, 0) is 32.9 Å². The third kappa shape index (κ3) is 2.85. The maximum atomic E-state index is 11.4. The van der Waals surface area contributed by atoms with E-state index in [1.54, 1.807) is 0 Å². The number of nitrogens with zero attached hydrogens (tertiary/aromatic N) is 2. The molecular formula is C12H18N2O3. The highest BCUT2D eigenvalue weighted by Crippen LogP contribution is 2.20. The molecule has 0 aromatic carbocycles. The van der Waals surface area contributed by atoms with E-state index < -0.39 is 0 Å². The second kappa shape index (κ2) is 5.31. The first kappa shape index (κ1) is 12.1. The number of ether oxygens (including phenoxy) is 1. The molecule has 1 aromatic rings. The van der Waals surface area contributed by atoms with Gasteiger partial charge in [0.2, 0.25) is 0 Å². The third-order valence-corrected chi connectivity index (χ3v) is 3.34. The lowest BCUT2D eigenvalue weighted by Gasteiger charge is -2.29. The second-order valence-electron chi connectivity index (χ2n) is 4.43. The van der Waals surface area contributed by atoms with Gasteiger partial charge in [-0.3, -0.25) is 9.69 Å². The largest absolute Gasteiger partial charge is 0.469 e. The van der Waals surface area contributed by atoms with Crippen LogP contribution in [-0.2, 0) is 16.1 Å². The minimum Gasteiger partial charge on any atom is -0.469 e. The predicted octanol–water partition coefficient (Wildman–Crippen LogP) is 1.37. The van der Waals surface area contributed by atoms with Crippen LogP contribution in [0.1, 0.15) is 24.3 Å². The van der Waals surface area contributed by atoms with E-state index in [-0.39, 0.29) is 11.9 Å². The fourth-order valence-electron chi connectivity index (χ4n) is 2.19. The molecule has 0 saturated carbocycles. The number of oxazole rings is 1. The first-order valence-corrected chi connectivity index (χ1v) is 5.90. The molecule has 1 aromatic heterocycles. The molecule has 0 aliphatic carbocycles. The Morgan fingerprint density at radius 2 is 2.29 bits per heavy atom. The normalized spacial score (nSPS) is 18.2. The number of rotatable bonds is 3. The number of likely N-dealkylation sites (tertiary alicyclic amines) is 1. The number of esters is 1. The summed E-state index contributed by atoms with van der Waals surface area (Å²) in [6.07, 6.45) is 3.21. The van der Waals surface area contributed by atoms with Gasteiger partial charge < -0.3 is 9.15 Å². The first-order chi connectivity index (χ1) is 8.20. The molecule has 5 nitrogen and oxygen atoms in total. The molecule has 0 radical (unpaired) electrons. The Morgan fingerprint density at radius 3 is 2.82 bits per heavy atom. The number of hydrogen-bond acceptors (Lipinski definition) is 5. The van der Waals surface area contributed by atoms with Crippen LogP contribution in [0.3, 0.4) is 0 Å². The summed E-state index contributed by atoms with van der Waals surface area (Å²) in [5.41, 5.74) is 0.988. The lowest BCUT2D eigenvalue weighted by Crippen LogP contribution is -2.36. The lowest BCUT2D eigenvalue weighted by molar-refractivity contribution is -0.147. The molecule has 1 aliphatic heterocycles. The second-order valence-corrected chi connectivity index (χ2v) is 4.43. The van der Waals surface area contributed by atoms with Crippen molar-refractivity contribution < 1.29 is 13.9 Å². The zero-order valence-corrected chi connectivity index (χ0v) is 10.3. The van der Waals surface area contributed by atoms with Crippen LogP contribution in [0, 0.1) is 12.8 Å². The molecule has 1 aliphatic rings. The minimum absolute atomic E-state index is 0.0645. The van der Waals surface area contributed by atoms with Gasteiger partial charge >= 0.3 is 5.97 Å². The van der Waals surface area contributed by atoms with E-state index in [0.29, 0.717) is 0 Å². The van der Waals surface area contributed by atoms with Crippen LogP contribution < -0.4 is 0 Å². The van der Waals surface area contributed by atoms with E-state index >= 15 is 0 Å². The lowest BCUT2D eigenvalue weighted by atomic mass is 9.97. The van der Waals surface area contributed by atoms with Crippen molar-refractivity contribution in [3.8, 4) is 0 Å². The summed E-state index contributed by atoms with van der Waals surface area (Å²) in [6, 6.07) is 0. The number of aromatic nitrogens is 1. The Kier molecular flexibility index (Phi) is 3.78. The smallest absolute Gasteiger partial charge is 0.308 e. The topological polar surface area (TPSA) is 55.6 Å². The van der Waals surface area contributed by atoms with Crippen molar-refractivity contribution in [2.24, 2.45) is 5.92 Å². The first-order valence-electron chi connectivity index (χ1n) is 5.90. The quantitative estimate of drug-likeness (QED) is 0.744. The zero-order chi connectivity index (χ0) is 12.3. The average molecular weight is 238 g/mol. The minimum atomic E-state index is -0.0812. The monoisotopic (exact) mass is 238 g/mol. The van der Waals surface area contributed by atoms with Crippen LogP contribution in [0.15, 0.2) is 10.8 Å². The summed E-state index contributed by atoms with van der Waals surface area (Å²) in [6.45, 7) is 4.54. The number of piperidine rings is 1. The van der Waals surface area contributed by atoms with E-state index in [4.69, 9.17) is 9.15 Å². The van der Waals surface area contributed by atoms with Gasteiger partial charge in [0.15, 0.2) is 6.39 Å². The summed E-state index contributed by atoms with van der Waals surface area (Å²) in [7, 11) is 1.45. The molecule has 94 valence electrons. The van der Waals surface area contributed by atoms with E-state index in [1.807, 2.05) is 6.92 Å². The number of aryl methyl sites for hydroxylation is 1. The number of carbonyl (C=O) groups is 1. The van der Waals surface area contributed by atoms with Crippen molar-refractivity contribution in [1.82, 2.24) is 9.88 Å². The highest BCUT2D eigenvalue weighted by molar-refractivity contribution is 5.72. The summed E-state index contributed by atoms with van der Waals surface area (Å²) in [5, 5.41) is 0. The van der Waals surface area contributed by atoms with E-state index in [1.165, 1.54) is 13.5 Å². The van der Waals surface area contributed by atoms with Crippen molar-refractivity contribution in [2.45, 2.75) is 26.3 Å². The Morgan fingerprint density at radius 1 is 1.59 bits per heavy atom. The van der Waals surface area contributed by atoms with Gasteiger partial charge in [0, 0.05) is 6.54 Å². The van der Waals surface area contributed by atoms with Gasteiger partial charge in [-0.1, -0.05) is 0 Å². The van der Waals surface area contributed by atoms with Crippen molar-refractivity contribution >= 4 is 5.97 Å². The Balaban J connectivity index is 1.83. The summed E-state index contributed by atoms with van der Waals surface area (Å²) < 4.78 is 9.94. The molecule has 17 heavy (non-hydrogen) atoms. The van der Waals surface area contributed by atoms with Gasteiger partial charge in [0.05, 0.1) is 18.7 Å². The number of carbonyl (C=O) groups excluding carboxylic acids is 1. The number of methoxy groups -OCH3 is 1. The van der Waals surface area contributed by atoms with Crippen LogP contribution >= 0.6 is 0 Å². The summed E-state index contributed by atoms with van der Waals surface area (Å²) >= 11 is 0. The maximum Gasteiger partial charge on any atom is 0.308 e. The Labute approximate surface area is 101 Å². The van der Waals surface area contributed by atoms with Crippen molar-refractivity contribution in [1.29, 1.82) is 0 Å². The van der Waals surface area contributed by atoms with Gasteiger partial charge in [-0.25, -0.2) is 4.98 Å². The highest BCUT2D eigenvalue weighted by Gasteiger charge is 2.26. The van der Waals surface area contributed by atoms with E-state index in [2.05, 4.69) is 9.88 Å². The molecule has 0 N–H and O–H groups in total. The van der Waals surface area contributed by atoms with Crippen molar-refractivity contribution in [3.63, 3.8) is 0 Å². The van der Waals surface area contributed by atoms with Crippen LogP contribution in [0.5, 0.6) is 0 Å². The van der Waals surface area contributed by atoms with Gasteiger partial charge in [-0.15, -0.1) is 0 Å². The molecule has 1 fully saturated rings. The fourth-order valence-corrected chi connectivity index (χ4v) is 2.19. The average Bonchev–Trinajstić information content (AvgIpc) is 2.75. The molecule has 0 amide bonds. The fraction of sp³-hybridized carbons (Fsp3) is 0.667. The molecule has 2 heterocycles. The third-order valence-electron chi connectivity index (χ3n) is 3.34.